The van der Waals surface area contributed by atoms with Crippen LogP contribution in [0, 0.1) is 5.92 Å². The molecular weight excluding hydrogens is 306 g/mol. The molecule has 1 aliphatic rings. The first-order valence-electron chi connectivity index (χ1n) is 8.52. The normalized spacial score (nSPS) is 21.0. The number of hydrogen-bond donors (Lipinski definition) is 1. The number of aromatic nitrogens is 2. The fourth-order valence-corrected chi connectivity index (χ4v) is 3.35. The number of nitrogens with zero attached hydrogens (tertiary/aromatic N) is 2. The lowest BCUT2D eigenvalue weighted by molar-refractivity contribution is -0.134. The van der Waals surface area contributed by atoms with Crippen LogP contribution in [0.25, 0.3) is 11.0 Å². The second kappa shape index (κ2) is 7.21. The molecule has 3 rings (SSSR count). The summed E-state index contributed by atoms with van der Waals surface area (Å²) in [6, 6.07) is 5.80. The molecule has 0 unspecified atom stereocenters. The number of nitrogens with one attached hydrogen (secondary N) is 1. The highest BCUT2D eigenvalue weighted by molar-refractivity contribution is 5.80. The molecule has 1 aliphatic heterocycles. The molecule has 0 spiro atoms. The first kappa shape index (κ1) is 16.8. The van der Waals surface area contributed by atoms with E-state index in [0.717, 1.165) is 48.5 Å². The Morgan fingerprint density at radius 2 is 2.33 bits per heavy atom. The van der Waals surface area contributed by atoms with Gasteiger partial charge in [-0.15, -0.1) is 0 Å². The molecule has 6 heteroatoms. The van der Waals surface area contributed by atoms with E-state index < -0.39 is 0 Å². The van der Waals surface area contributed by atoms with Gasteiger partial charge in [-0.3, -0.25) is 4.79 Å². The van der Waals surface area contributed by atoms with Crippen LogP contribution in [0.4, 0.5) is 0 Å². The van der Waals surface area contributed by atoms with Gasteiger partial charge in [-0.1, -0.05) is 6.92 Å². The van der Waals surface area contributed by atoms with Gasteiger partial charge in [0.25, 0.3) is 0 Å². The molecule has 0 saturated carbocycles. The molecule has 2 atom stereocenters. The maximum atomic E-state index is 12.5. The van der Waals surface area contributed by atoms with E-state index in [1.807, 2.05) is 29.8 Å². The van der Waals surface area contributed by atoms with E-state index in [9.17, 15) is 4.79 Å². The molecule has 2 aromatic rings. The fraction of sp³-hybridized carbons (Fsp3) is 0.556. The average Bonchev–Trinajstić information content (AvgIpc) is 2.94. The van der Waals surface area contributed by atoms with E-state index in [0.29, 0.717) is 6.54 Å². The number of rotatable bonds is 5. The maximum Gasteiger partial charge on any atom is 0.226 e. The van der Waals surface area contributed by atoms with Crippen molar-refractivity contribution in [2.45, 2.75) is 38.8 Å². The molecule has 0 radical (unpaired) electrons. The van der Waals surface area contributed by atoms with Crippen molar-refractivity contribution in [2.24, 2.45) is 13.0 Å². The van der Waals surface area contributed by atoms with Crippen molar-refractivity contribution in [3.8, 4) is 5.75 Å². The summed E-state index contributed by atoms with van der Waals surface area (Å²) in [5.41, 5.74) is 1.89. The molecule has 0 bridgehead atoms. The van der Waals surface area contributed by atoms with Crippen LogP contribution in [0.5, 0.6) is 5.75 Å². The summed E-state index contributed by atoms with van der Waals surface area (Å²) in [5.74, 6) is 1.61. The predicted octanol–water partition coefficient (Wildman–Crippen LogP) is 2.40. The van der Waals surface area contributed by atoms with Crippen LogP contribution in [0.3, 0.4) is 0 Å². The highest BCUT2D eigenvalue weighted by atomic mass is 16.5. The summed E-state index contributed by atoms with van der Waals surface area (Å²) >= 11 is 0. The first-order valence-corrected chi connectivity index (χ1v) is 8.52. The van der Waals surface area contributed by atoms with E-state index in [1.54, 1.807) is 7.11 Å². The Balaban J connectivity index is 1.70. The number of benzene rings is 1. The van der Waals surface area contributed by atoms with E-state index >= 15 is 0 Å². The number of carbonyl (C=O) groups is 1. The van der Waals surface area contributed by atoms with Crippen LogP contribution >= 0.6 is 0 Å². The van der Waals surface area contributed by atoms with Gasteiger partial charge in [0.05, 0.1) is 36.7 Å². The largest absolute Gasteiger partial charge is 0.497 e. The van der Waals surface area contributed by atoms with Crippen LogP contribution in [-0.4, -0.2) is 35.3 Å². The number of fused-ring (bicyclic) bond motifs is 1. The summed E-state index contributed by atoms with van der Waals surface area (Å²) < 4.78 is 13.0. The highest BCUT2D eigenvalue weighted by Crippen LogP contribution is 2.24. The number of carbonyl (C=O) groups excluding carboxylic acids is 1. The minimum atomic E-state index is -0.0569. The molecule has 24 heavy (non-hydrogen) atoms. The van der Waals surface area contributed by atoms with Crippen molar-refractivity contribution in [3.63, 3.8) is 0 Å². The lowest BCUT2D eigenvalue weighted by Gasteiger charge is -2.30. The van der Waals surface area contributed by atoms with Crippen molar-refractivity contribution in [1.29, 1.82) is 0 Å². The lowest BCUT2D eigenvalue weighted by Crippen LogP contribution is -2.41. The Labute approximate surface area is 142 Å². The van der Waals surface area contributed by atoms with Gasteiger partial charge in [-0.25, -0.2) is 4.98 Å². The molecule has 130 valence electrons. The van der Waals surface area contributed by atoms with E-state index in [4.69, 9.17) is 9.47 Å². The molecule has 1 saturated heterocycles. The first-order chi connectivity index (χ1) is 11.6. The third-order valence-corrected chi connectivity index (χ3v) is 4.78. The zero-order chi connectivity index (χ0) is 17.1. The number of amides is 1. The Hall–Kier alpha value is -2.08. The van der Waals surface area contributed by atoms with Crippen molar-refractivity contribution in [2.75, 3.05) is 13.7 Å². The Bertz CT molecular complexity index is 726. The molecule has 1 aromatic carbocycles. The van der Waals surface area contributed by atoms with Crippen molar-refractivity contribution < 1.29 is 14.3 Å². The van der Waals surface area contributed by atoms with Gasteiger partial charge in [-0.05, 0) is 31.4 Å². The lowest BCUT2D eigenvalue weighted by atomic mass is 9.92. The smallest absolute Gasteiger partial charge is 0.226 e. The monoisotopic (exact) mass is 331 g/mol. The number of ether oxygens (including phenoxy) is 2. The van der Waals surface area contributed by atoms with Gasteiger partial charge in [0, 0.05) is 19.7 Å². The molecule has 1 N–H and O–H groups in total. The quantitative estimate of drug-likeness (QED) is 0.914. The molecular formula is C18H25N3O3. The summed E-state index contributed by atoms with van der Waals surface area (Å²) in [7, 11) is 3.60. The molecule has 1 aromatic heterocycles. The van der Waals surface area contributed by atoms with Crippen molar-refractivity contribution in [3.05, 3.63) is 24.0 Å². The molecule has 1 fully saturated rings. The van der Waals surface area contributed by atoms with Gasteiger partial charge in [-0.2, -0.15) is 0 Å². The minimum absolute atomic E-state index is 0.0310. The SMILES string of the molecule is CC[C@H]1OCCC[C@H]1C(=O)NCc1nc2cc(OC)ccc2n1C. The van der Waals surface area contributed by atoms with Gasteiger partial charge in [0.15, 0.2) is 0 Å². The van der Waals surface area contributed by atoms with Crippen molar-refractivity contribution >= 4 is 16.9 Å². The Kier molecular flexibility index (Phi) is 5.04. The van der Waals surface area contributed by atoms with Crippen molar-refractivity contribution in [1.82, 2.24) is 14.9 Å². The summed E-state index contributed by atoms with van der Waals surface area (Å²) in [6.45, 7) is 3.24. The third-order valence-electron chi connectivity index (χ3n) is 4.78. The average molecular weight is 331 g/mol. The second-order valence-electron chi connectivity index (χ2n) is 6.23. The van der Waals surface area contributed by atoms with Gasteiger partial charge >= 0.3 is 0 Å². The number of hydrogen-bond acceptors (Lipinski definition) is 4. The topological polar surface area (TPSA) is 65.4 Å². The van der Waals surface area contributed by atoms with Crippen LogP contribution in [-0.2, 0) is 23.1 Å². The molecule has 1 amide bonds. The second-order valence-corrected chi connectivity index (χ2v) is 6.23. The van der Waals surface area contributed by atoms with Gasteiger partial charge < -0.3 is 19.4 Å². The summed E-state index contributed by atoms with van der Waals surface area (Å²) in [6.07, 6.45) is 2.73. The number of imidazole rings is 1. The summed E-state index contributed by atoms with van der Waals surface area (Å²) in [4.78, 5) is 17.1. The predicted molar refractivity (Wildman–Crippen MR) is 91.9 cm³/mol. The Morgan fingerprint density at radius 1 is 1.50 bits per heavy atom. The Morgan fingerprint density at radius 3 is 3.08 bits per heavy atom. The third kappa shape index (κ3) is 3.24. The van der Waals surface area contributed by atoms with Crippen LogP contribution in [0.15, 0.2) is 18.2 Å². The van der Waals surface area contributed by atoms with Gasteiger partial charge in [0.1, 0.15) is 11.6 Å². The van der Waals surface area contributed by atoms with Crippen LogP contribution < -0.4 is 10.1 Å². The maximum absolute atomic E-state index is 12.5. The zero-order valence-electron chi connectivity index (χ0n) is 14.5. The fourth-order valence-electron chi connectivity index (χ4n) is 3.35. The number of aryl methyl sites for hydroxylation is 1. The van der Waals surface area contributed by atoms with E-state index in [1.165, 1.54) is 0 Å². The molecule has 0 aliphatic carbocycles. The zero-order valence-corrected chi connectivity index (χ0v) is 14.5. The van der Waals surface area contributed by atoms with Crippen LogP contribution in [0.2, 0.25) is 0 Å². The van der Waals surface area contributed by atoms with Crippen LogP contribution in [0.1, 0.15) is 32.0 Å². The highest BCUT2D eigenvalue weighted by Gasteiger charge is 2.30. The summed E-state index contributed by atoms with van der Waals surface area (Å²) in [5, 5.41) is 3.03. The molecule has 6 nitrogen and oxygen atoms in total. The standard InChI is InChI=1S/C18H25N3O3/c1-4-16-13(6-5-9-24-16)18(22)19-11-17-20-14-10-12(23-3)7-8-15(14)21(17)2/h7-8,10,13,16H,4-6,9,11H2,1-3H3,(H,19,22)/t13-,16-/m1/s1. The minimum Gasteiger partial charge on any atom is -0.497 e. The van der Waals surface area contributed by atoms with Gasteiger partial charge in [0.2, 0.25) is 5.91 Å². The molecule has 2 heterocycles. The number of methoxy groups -OCH3 is 1. The van der Waals surface area contributed by atoms with E-state index in [-0.39, 0.29) is 17.9 Å². The van der Waals surface area contributed by atoms with E-state index in [2.05, 4.69) is 17.2 Å².